The number of hydrogen-bond acceptors (Lipinski definition) is 3. The van der Waals surface area contributed by atoms with E-state index < -0.39 is 0 Å². The monoisotopic (exact) mass is 471 g/mol. The zero-order valence-corrected chi connectivity index (χ0v) is 22.1. The first-order chi connectivity index (χ1) is 16.4. The number of aliphatic hydroxyl groups excluding tert-OH is 1. The standard InChI is InChI=1S/C30H51N2O2/c1-4-15-32(16-5-6-17-32)27-20-26-24-10-8-22-7-9-23(31-13-18-34-19-14-31)21-30(22,3)25(24)11-12-29(26,2)28(27)33/h4,22-28,33H,1,5-21H2,2-3H3/q+1. The Kier molecular flexibility index (Phi) is 6.24. The maximum absolute atomic E-state index is 11.9. The highest BCUT2D eigenvalue weighted by Crippen LogP contribution is 2.67. The summed E-state index contributed by atoms with van der Waals surface area (Å²) in [5.74, 6) is 3.34. The van der Waals surface area contributed by atoms with Crippen LogP contribution in [-0.2, 0) is 4.74 Å². The van der Waals surface area contributed by atoms with Crippen molar-refractivity contribution in [3.63, 3.8) is 0 Å². The molecule has 0 aromatic heterocycles. The minimum atomic E-state index is -0.130. The lowest BCUT2D eigenvalue weighted by Crippen LogP contribution is -2.59. The Balaban J connectivity index is 1.25. The highest BCUT2D eigenvalue weighted by molar-refractivity contribution is 5.12. The lowest BCUT2D eigenvalue weighted by Gasteiger charge is -2.61. The summed E-state index contributed by atoms with van der Waals surface area (Å²) in [7, 11) is 0. The van der Waals surface area contributed by atoms with E-state index in [9.17, 15) is 5.11 Å². The van der Waals surface area contributed by atoms with Crippen LogP contribution in [0.15, 0.2) is 12.7 Å². The third-order valence-electron chi connectivity index (χ3n) is 12.8. The molecule has 6 aliphatic rings. The van der Waals surface area contributed by atoms with Gasteiger partial charge >= 0.3 is 0 Å². The van der Waals surface area contributed by atoms with Gasteiger partial charge in [0.2, 0.25) is 0 Å². The highest BCUT2D eigenvalue weighted by atomic mass is 16.5. The van der Waals surface area contributed by atoms with Gasteiger partial charge in [-0.2, -0.15) is 0 Å². The van der Waals surface area contributed by atoms with Crippen molar-refractivity contribution in [3.05, 3.63) is 12.7 Å². The zero-order valence-electron chi connectivity index (χ0n) is 22.1. The Morgan fingerprint density at radius 1 is 1.00 bits per heavy atom. The van der Waals surface area contributed by atoms with Gasteiger partial charge in [-0.05, 0) is 80.1 Å². The molecule has 0 spiro atoms. The zero-order chi connectivity index (χ0) is 23.6. The molecule has 9 unspecified atom stereocenters. The second-order valence-electron chi connectivity index (χ2n) is 13.9. The summed E-state index contributed by atoms with van der Waals surface area (Å²) in [6.45, 7) is 17.0. The molecule has 2 saturated heterocycles. The number of hydrogen-bond donors (Lipinski definition) is 1. The molecule has 4 heteroatoms. The smallest absolute Gasteiger partial charge is 0.116 e. The van der Waals surface area contributed by atoms with Crippen LogP contribution in [0.3, 0.4) is 0 Å². The molecule has 4 nitrogen and oxygen atoms in total. The molecule has 4 aliphatic carbocycles. The molecule has 0 amide bonds. The summed E-state index contributed by atoms with van der Waals surface area (Å²) in [6.07, 6.45) is 15.6. The Morgan fingerprint density at radius 3 is 2.47 bits per heavy atom. The van der Waals surface area contributed by atoms with E-state index >= 15 is 0 Å². The first-order valence-corrected chi connectivity index (χ1v) is 14.9. The van der Waals surface area contributed by atoms with E-state index in [1.807, 2.05) is 0 Å². The minimum absolute atomic E-state index is 0.127. The molecule has 1 N–H and O–H groups in total. The van der Waals surface area contributed by atoms with Crippen LogP contribution in [0.1, 0.15) is 78.1 Å². The Morgan fingerprint density at radius 2 is 1.74 bits per heavy atom. The number of quaternary nitrogens is 1. The fraction of sp³-hybridized carbons (Fsp3) is 0.933. The predicted molar refractivity (Wildman–Crippen MR) is 137 cm³/mol. The molecule has 0 radical (unpaired) electrons. The summed E-state index contributed by atoms with van der Waals surface area (Å²) in [5, 5.41) is 11.9. The van der Waals surface area contributed by atoms with Gasteiger partial charge in [0.25, 0.3) is 0 Å². The fourth-order valence-corrected chi connectivity index (χ4v) is 11.0. The largest absolute Gasteiger partial charge is 0.386 e. The number of nitrogens with zero attached hydrogens (tertiary/aromatic N) is 2. The van der Waals surface area contributed by atoms with Crippen LogP contribution < -0.4 is 0 Å². The van der Waals surface area contributed by atoms with Gasteiger partial charge in [-0.3, -0.25) is 4.90 Å². The molecule has 0 bridgehead atoms. The molecule has 6 rings (SSSR count). The Labute approximate surface area is 208 Å². The van der Waals surface area contributed by atoms with E-state index in [-0.39, 0.29) is 11.5 Å². The molecular weight excluding hydrogens is 420 g/mol. The maximum atomic E-state index is 11.9. The number of aliphatic hydroxyl groups is 1. The summed E-state index contributed by atoms with van der Waals surface area (Å²) >= 11 is 0. The van der Waals surface area contributed by atoms with Crippen molar-refractivity contribution in [2.24, 2.45) is 34.5 Å². The van der Waals surface area contributed by atoms with Crippen molar-refractivity contribution in [2.75, 3.05) is 45.9 Å². The Bertz CT molecular complexity index is 759. The number of rotatable bonds is 4. The van der Waals surface area contributed by atoms with Crippen molar-refractivity contribution in [2.45, 2.75) is 96.2 Å². The van der Waals surface area contributed by atoms with Crippen molar-refractivity contribution in [3.8, 4) is 0 Å². The first-order valence-electron chi connectivity index (χ1n) is 14.9. The predicted octanol–water partition coefficient (Wildman–Crippen LogP) is 4.87. The van der Waals surface area contributed by atoms with Gasteiger partial charge in [-0.15, -0.1) is 0 Å². The van der Waals surface area contributed by atoms with E-state index in [0.717, 1.165) is 61.1 Å². The number of fused-ring (bicyclic) bond motifs is 5. The van der Waals surface area contributed by atoms with Crippen LogP contribution in [0.5, 0.6) is 0 Å². The number of morpholine rings is 1. The van der Waals surface area contributed by atoms with Crippen LogP contribution in [-0.4, -0.2) is 78.6 Å². The van der Waals surface area contributed by atoms with Gasteiger partial charge in [0.1, 0.15) is 12.1 Å². The maximum Gasteiger partial charge on any atom is 0.116 e. The SMILES string of the molecule is C=CC[N+]1(C2CC3C4CCC5CCC(N6CCOCC6)CC5(C)C4CCC3(C)C2O)CCCC1. The molecule has 9 atom stereocenters. The highest BCUT2D eigenvalue weighted by Gasteiger charge is 2.65. The van der Waals surface area contributed by atoms with Gasteiger partial charge in [0.15, 0.2) is 0 Å². The summed E-state index contributed by atoms with van der Waals surface area (Å²) < 4.78 is 6.81. The van der Waals surface area contributed by atoms with E-state index in [1.165, 1.54) is 77.3 Å². The molecule has 2 heterocycles. The minimum Gasteiger partial charge on any atom is -0.386 e. The molecular formula is C30H51N2O2+. The second-order valence-corrected chi connectivity index (χ2v) is 13.9. The summed E-state index contributed by atoms with van der Waals surface area (Å²) in [4.78, 5) is 2.77. The quantitative estimate of drug-likeness (QED) is 0.469. The molecule has 0 aromatic carbocycles. The van der Waals surface area contributed by atoms with E-state index in [1.54, 1.807) is 0 Å². The molecule has 34 heavy (non-hydrogen) atoms. The van der Waals surface area contributed by atoms with E-state index in [2.05, 4.69) is 31.4 Å². The molecule has 192 valence electrons. The first kappa shape index (κ1) is 23.9. The van der Waals surface area contributed by atoms with E-state index in [0.29, 0.717) is 17.4 Å². The van der Waals surface area contributed by atoms with Gasteiger partial charge in [0.05, 0.1) is 32.8 Å². The fourth-order valence-electron chi connectivity index (χ4n) is 11.0. The number of ether oxygens (including phenoxy) is 1. The second kappa shape index (κ2) is 8.85. The lowest BCUT2D eigenvalue weighted by atomic mass is 9.45. The van der Waals surface area contributed by atoms with Gasteiger partial charge in [0, 0.05) is 43.8 Å². The van der Waals surface area contributed by atoms with Gasteiger partial charge < -0.3 is 14.3 Å². The van der Waals surface area contributed by atoms with Crippen molar-refractivity contribution in [1.29, 1.82) is 0 Å². The van der Waals surface area contributed by atoms with Crippen molar-refractivity contribution < 1.29 is 14.3 Å². The van der Waals surface area contributed by atoms with Crippen LogP contribution in [0.4, 0.5) is 0 Å². The average molecular weight is 472 g/mol. The third-order valence-corrected chi connectivity index (χ3v) is 12.8. The third kappa shape index (κ3) is 3.52. The average Bonchev–Trinajstić information content (AvgIpc) is 3.42. The normalized spacial score (nSPS) is 50.9. The van der Waals surface area contributed by atoms with Crippen LogP contribution in [0.25, 0.3) is 0 Å². The lowest BCUT2D eigenvalue weighted by molar-refractivity contribution is -0.938. The van der Waals surface area contributed by atoms with Crippen LogP contribution >= 0.6 is 0 Å². The molecule has 2 aliphatic heterocycles. The summed E-state index contributed by atoms with van der Waals surface area (Å²) in [5.41, 5.74) is 0.623. The number of likely N-dealkylation sites (tertiary alicyclic amines) is 1. The topological polar surface area (TPSA) is 32.7 Å². The van der Waals surface area contributed by atoms with Crippen LogP contribution in [0.2, 0.25) is 0 Å². The summed E-state index contributed by atoms with van der Waals surface area (Å²) in [6, 6.07) is 1.21. The van der Waals surface area contributed by atoms with Gasteiger partial charge in [-0.25, -0.2) is 0 Å². The van der Waals surface area contributed by atoms with Crippen molar-refractivity contribution >= 4 is 0 Å². The van der Waals surface area contributed by atoms with Gasteiger partial charge in [-0.1, -0.05) is 20.4 Å². The van der Waals surface area contributed by atoms with E-state index in [4.69, 9.17) is 4.74 Å². The van der Waals surface area contributed by atoms with Crippen molar-refractivity contribution in [1.82, 2.24) is 4.90 Å². The molecule has 0 aromatic rings. The molecule has 4 saturated carbocycles. The Hall–Kier alpha value is -0.420. The molecule has 6 fully saturated rings. The van der Waals surface area contributed by atoms with Crippen LogP contribution in [0, 0.1) is 34.5 Å².